The lowest BCUT2D eigenvalue weighted by Crippen LogP contribution is -2.49. The standard InChI is InChI=1S/C25H23ClFN7OS/c1-17-7-8-18(15-19(17)26)34-22(16-36-25-28-9-4-10-29-25)23(30-31-34)24(35)33-13-11-32(12-14-33)21-6-3-2-5-20(21)27/h2-10,15H,11-14,16H2,1H3. The summed E-state index contributed by atoms with van der Waals surface area (Å²) in [6.45, 7) is 3.87. The first-order chi connectivity index (χ1) is 17.5. The van der Waals surface area contributed by atoms with Crippen LogP contribution in [0.15, 0.2) is 66.1 Å². The number of nitrogens with zero attached hydrogens (tertiary/aromatic N) is 7. The van der Waals surface area contributed by atoms with Gasteiger partial charge in [-0.25, -0.2) is 19.0 Å². The molecule has 0 aliphatic carbocycles. The number of benzene rings is 2. The summed E-state index contributed by atoms with van der Waals surface area (Å²) >= 11 is 7.76. The van der Waals surface area contributed by atoms with E-state index in [1.165, 1.54) is 17.8 Å². The number of para-hydroxylation sites is 1. The Balaban J connectivity index is 1.39. The fourth-order valence-electron chi connectivity index (χ4n) is 4.02. The van der Waals surface area contributed by atoms with Crippen molar-refractivity contribution >= 4 is 35.0 Å². The number of thioether (sulfide) groups is 1. The molecule has 0 unspecified atom stereocenters. The summed E-state index contributed by atoms with van der Waals surface area (Å²) in [6.07, 6.45) is 3.34. The first-order valence-electron chi connectivity index (χ1n) is 11.4. The highest BCUT2D eigenvalue weighted by Crippen LogP contribution is 2.27. The lowest BCUT2D eigenvalue weighted by atomic mass is 10.2. The molecule has 2 aromatic carbocycles. The monoisotopic (exact) mass is 523 g/mol. The van der Waals surface area contributed by atoms with Crippen molar-refractivity contribution in [2.75, 3.05) is 31.1 Å². The molecule has 0 bridgehead atoms. The van der Waals surface area contributed by atoms with Gasteiger partial charge in [0.2, 0.25) is 0 Å². The Hall–Kier alpha value is -3.50. The zero-order chi connectivity index (χ0) is 25.1. The molecule has 0 N–H and O–H groups in total. The lowest BCUT2D eigenvalue weighted by Gasteiger charge is -2.36. The van der Waals surface area contributed by atoms with Gasteiger partial charge in [-0.15, -0.1) is 5.10 Å². The Morgan fingerprint density at radius 2 is 1.81 bits per heavy atom. The molecule has 0 saturated carbocycles. The molecule has 1 fully saturated rings. The zero-order valence-electron chi connectivity index (χ0n) is 19.5. The molecule has 184 valence electrons. The topological polar surface area (TPSA) is 80.0 Å². The van der Waals surface area contributed by atoms with Crippen LogP contribution in [0.5, 0.6) is 0 Å². The Bertz CT molecular complexity index is 1380. The second-order valence-electron chi connectivity index (χ2n) is 8.28. The van der Waals surface area contributed by atoms with Gasteiger partial charge in [-0.1, -0.05) is 46.8 Å². The van der Waals surface area contributed by atoms with E-state index in [1.807, 2.05) is 30.0 Å². The highest BCUT2D eigenvalue weighted by Gasteiger charge is 2.29. The van der Waals surface area contributed by atoms with E-state index < -0.39 is 0 Å². The minimum Gasteiger partial charge on any atom is -0.366 e. The number of piperazine rings is 1. The first kappa shape index (κ1) is 24.2. The summed E-state index contributed by atoms with van der Waals surface area (Å²) in [5.41, 5.74) is 3.11. The molecule has 1 amide bonds. The molecular weight excluding hydrogens is 501 g/mol. The van der Waals surface area contributed by atoms with Gasteiger partial charge in [0.25, 0.3) is 5.91 Å². The van der Waals surface area contributed by atoms with E-state index in [-0.39, 0.29) is 17.4 Å². The second-order valence-corrected chi connectivity index (χ2v) is 9.63. The van der Waals surface area contributed by atoms with E-state index in [2.05, 4.69) is 20.3 Å². The van der Waals surface area contributed by atoms with E-state index in [0.29, 0.717) is 59.2 Å². The molecule has 1 aliphatic rings. The molecule has 1 saturated heterocycles. The van der Waals surface area contributed by atoms with Gasteiger partial charge in [-0.2, -0.15) is 0 Å². The van der Waals surface area contributed by atoms with Crippen molar-refractivity contribution in [3.05, 3.63) is 88.7 Å². The van der Waals surface area contributed by atoms with Crippen LogP contribution < -0.4 is 4.90 Å². The van der Waals surface area contributed by atoms with Crippen molar-refractivity contribution in [2.45, 2.75) is 17.8 Å². The third kappa shape index (κ3) is 5.05. The zero-order valence-corrected chi connectivity index (χ0v) is 21.1. The van der Waals surface area contributed by atoms with Crippen molar-refractivity contribution in [2.24, 2.45) is 0 Å². The highest BCUT2D eigenvalue weighted by molar-refractivity contribution is 7.98. The number of amides is 1. The summed E-state index contributed by atoms with van der Waals surface area (Å²) in [4.78, 5) is 25.8. The number of anilines is 1. The fourth-order valence-corrected chi connectivity index (χ4v) is 4.99. The molecule has 5 rings (SSSR count). The van der Waals surface area contributed by atoms with Crippen LogP contribution in [0, 0.1) is 12.7 Å². The predicted molar refractivity (Wildman–Crippen MR) is 137 cm³/mol. The highest BCUT2D eigenvalue weighted by atomic mass is 35.5. The number of hydrogen-bond donors (Lipinski definition) is 0. The minimum absolute atomic E-state index is 0.211. The normalized spacial score (nSPS) is 13.8. The number of carbonyl (C=O) groups excluding carboxylic acids is 1. The maximum Gasteiger partial charge on any atom is 0.276 e. The van der Waals surface area contributed by atoms with Crippen molar-refractivity contribution in [1.29, 1.82) is 0 Å². The largest absolute Gasteiger partial charge is 0.366 e. The van der Waals surface area contributed by atoms with Gasteiger partial charge in [0.15, 0.2) is 10.9 Å². The third-order valence-corrected chi connectivity index (χ3v) is 7.30. The Kier molecular flexibility index (Phi) is 7.15. The number of aromatic nitrogens is 5. The SMILES string of the molecule is Cc1ccc(-n2nnc(C(=O)N3CCN(c4ccccc4F)CC3)c2CSc2ncccn2)cc1Cl. The van der Waals surface area contributed by atoms with Crippen molar-refractivity contribution in [3.63, 3.8) is 0 Å². The second kappa shape index (κ2) is 10.6. The summed E-state index contributed by atoms with van der Waals surface area (Å²) in [5.74, 6) is -0.0877. The number of carbonyl (C=O) groups is 1. The smallest absolute Gasteiger partial charge is 0.276 e. The van der Waals surface area contributed by atoms with E-state index in [0.717, 1.165) is 5.56 Å². The quantitative estimate of drug-likeness (QED) is 0.273. The minimum atomic E-state index is -0.264. The molecule has 8 nitrogen and oxygen atoms in total. The summed E-state index contributed by atoms with van der Waals surface area (Å²) in [7, 11) is 0. The van der Waals surface area contributed by atoms with Crippen LogP contribution in [0.4, 0.5) is 10.1 Å². The van der Waals surface area contributed by atoms with Gasteiger partial charge in [-0.3, -0.25) is 4.79 Å². The maximum absolute atomic E-state index is 14.2. The van der Waals surface area contributed by atoms with Gasteiger partial charge in [0.1, 0.15) is 5.82 Å². The summed E-state index contributed by atoms with van der Waals surface area (Å²) in [6, 6.07) is 14.0. The van der Waals surface area contributed by atoms with Crippen LogP contribution in [-0.4, -0.2) is 61.9 Å². The molecule has 3 heterocycles. The molecule has 0 radical (unpaired) electrons. The van der Waals surface area contributed by atoms with Crippen LogP contribution >= 0.6 is 23.4 Å². The number of aryl methyl sites for hydroxylation is 1. The van der Waals surface area contributed by atoms with E-state index in [9.17, 15) is 9.18 Å². The lowest BCUT2D eigenvalue weighted by molar-refractivity contribution is 0.0739. The molecule has 2 aromatic heterocycles. The third-order valence-electron chi connectivity index (χ3n) is 6.01. The van der Waals surface area contributed by atoms with Crippen molar-refractivity contribution in [3.8, 4) is 5.69 Å². The Morgan fingerprint density at radius 3 is 2.53 bits per heavy atom. The number of rotatable bonds is 6. The van der Waals surface area contributed by atoms with E-state index >= 15 is 0 Å². The van der Waals surface area contributed by atoms with Gasteiger partial charge in [0.05, 0.1) is 17.1 Å². The number of halogens is 2. The molecule has 0 atom stereocenters. The Morgan fingerprint density at radius 1 is 1.06 bits per heavy atom. The Labute approximate surface area is 217 Å². The maximum atomic E-state index is 14.2. The van der Waals surface area contributed by atoms with Gasteiger partial charge >= 0.3 is 0 Å². The van der Waals surface area contributed by atoms with Crippen LogP contribution in [0.25, 0.3) is 5.69 Å². The van der Waals surface area contributed by atoms with Crippen LogP contribution in [0.2, 0.25) is 5.02 Å². The number of hydrogen-bond acceptors (Lipinski definition) is 7. The van der Waals surface area contributed by atoms with Crippen LogP contribution in [0.3, 0.4) is 0 Å². The van der Waals surface area contributed by atoms with E-state index in [1.54, 1.807) is 46.2 Å². The molecular formula is C25H23ClFN7OS. The summed E-state index contributed by atoms with van der Waals surface area (Å²) < 4.78 is 15.9. The fraction of sp³-hybridized carbons (Fsp3) is 0.240. The average Bonchev–Trinajstić information content (AvgIpc) is 3.33. The van der Waals surface area contributed by atoms with E-state index in [4.69, 9.17) is 11.6 Å². The molecule has 0 spiro atoms. The van der Waals surface area contributed by atoms with Gasteiger partial charge < -0.3 is 9.80 Å². The average molecular weight is 524 g/mol. The molecule has 36 heavy (non-hydrogen) atoms. The van der Waals surface area contributed by atoms with Crippen LogP contribution in [-0.2, 0) is 5.75 Å². The molecule has 4 aromatic rings. The van der Waals surface area contributed by atoms with Crippen LogP contribution in [0.1, 0.15) is 21.7 Å². The van der Waals surface area contributed by atoms with Crippen molar-refractivity contribution in [1.82, 2.24) is 29.9 Å². The predicted octanol–water partition coefficient (Wildman–Crippen LogP) is 4.41. The van der Waals surface area contributed by atoms with Gasteiger partial charge in [-0.05, 0) is 42.8 Å². The van der Waals surface area contributed by atoms with Crippen molar-refractivity contribution < 1.29 is 9.18 Å². The summed E-state index contributed by atoms with van der Waals surface area (Å²) in [5, 5.41) is 9.77. The molecule has 11 heteroatoms. The molecule has 1 aliphatic heterocycles. The van der Waals surface area contributed by atoms with Gasteiger partial charge in [0, 0.05) is 49.3 Å². The first-order valence-corrected chi connectivity index (χ1v) is 12.8.